The van der Waals surface area contributed by atoms with Gasteiger partial charge in [0.1, 0.15) is 5.82 Å². The number of imidazole rings is 1. The van der Waals surface area contributed by atoms with E-state index in [1.54, 1.807) is 0 Å². The monoisotopic (exact) mass is 321 g/mol. The fourth-order valence-electron chi connectivity index (χ4n) is 2.82. The summed E-state index contributed by atoms with van der Waals surface area (Å²) in [4.78, 5) is 16.6. The number of aryl methyl sites for hydroxylation is 3. The van der Waals surface area contributed by atoms with Gasteiger partial charge in [-0.2, -0.15) is 0 Å². The zero-order valence-corrected chi connectivity index (χ0v) is 14.5. The van der Waals surface area contributed by atoms with E-state index in [1.165, 1.54) is 11.1 Å². The van der Waals surface area contributed by atoms with Crippen molar-refractivity contribution in [3.8, 4) is 0 Å². The van der Waals surface area contributed by atoms with Crippen molar-refractivity contribution in [2.45, 2.75) is 26.7 Å². The number of nitrogens with zero attached hydrogens (tertiary/aromatic N) is 2. The molecule has 0 aliphatic carbocycles. The molecular weight excluding hydrogens is 298 g/mol. The molecular formula is C20H23N3O. The SMILES string of the molecule is Cc1ccc(CC(=O)NCCc2ccc3c(c2)nc(C)n3C)cc1. The molecule has 0 saturated carbocycles. The molecule has 0 unspecified atom stereocenters. The van der Waals surface area contributed by atoms with Crippen molar-refractivity contribution < 1.29 is 4.79 Å². The summed E-state index contributed by atoms with van der Waals surface area (Å²) in [6, 6.07) is 14.4. The van der Waals surface area contributed by atoms with Gasteiger partial charge >= 0.3 is 0 Å². The molecule has 0 spiro atoms. The Balaban J connectivity index is 1.54. The first kappa shape index (κ1) is 16.2. The molecule has 1 aromatic heterocycles. The molecule has 0 aliphatic heterocycles. The number of hydrogen-bond donors (Lipinski definition) is 1. The molecule has 3 rings (SSSR count). The van der Waals surface area contributed by atoms with E-state index in [4.69, 9.17) is 0 Å². The summed E-state index contributed by atoms with van der Waals surface area (Å²) < 4.78 is 2.09. The van der Waals surface area contributed by atoms with Gasteiger partial charge in [-0.05, 0) is 43.5 Å². The first-order valence-electron chi connectivity index (χ1n) is 8.27. The van der Waals surface area contributed by atoms with Gasteiger partial charge in [-0.25, -0.2) is 4.98 Å². The second kappa shape index (κ2) is 6.87. The summed E-state index contributed by atoms with van der Waals surface area (Å²) in [5.41, 5.74) is 5.59. The highest BCUT2D eigenvalue weighted by atomic mass is 16.1. The predicted octanol–water partition coefficient (Wildman–Crippen LogP) is 3.09. The standard InChI is InChI=1S/C20H23N3O/c1-14-4-6-16(7-5-14)13-20(24)21-11-10-17-8-9-19-18(12-17)22-15(2)23(19)3/h4-9,12H,10-11,13H2,1-3H3,(H,21,24). The van der Waals surface area contributed by atoms with Crippen LogP contribution < -0.4 is 5.32 Å². The Morgan fingerprint density at radius 1 is 1.08 bits per heavy atom. The lowest BCUT2D eigenvalue weighted by Gasteiger charge is -2.06. The van der Waals surface area contributed by atoms with Crippen LogP contribution in [0.15, 0.2) is 42.5 Å². The maximum Gasteiger partial charge on any atom is 0.224 e. The summed E-state index contributed by atoms with van der Waals surface area (Å²) >= 11 is 0. The number of fused-ring (bicyclic) bond motifs is 1. The third-order valence-corrected chi connectivity index (χ3v) is 4.39. The van der Waals surface area contributed by atoms with Crippen LogP contribution >= 0.6 is 0 Å². The third-order valence-electron chi connectivity index (χ3n) is 4.39. The van der Waals surface area contributed by atoms with Crippen LogP contribution in [0.4, 0.5) is 0 Å². The lowest BCUT2D eigenvalue weighted by molar-refractivity contribution is -0.120. The topological polar surface area (TPSA) is 46.9 Å². The van der Waals surface area contributed by atoms with Crippen LogP contribution in [0.1, 0.15) is 22.5 Å². The molecule has 3 aromatic rings. The molecule has 0 fully saturated rings. The molecule has 4 nitrogen and oxygen atoms in total. The zero-order chi connectivity index (χ0) is 17.1. The van der Waals surface area contributed by atoms with Crippen molar-refractivity contribution in [1.82, 2.24) is 14.9 Å². The predicted molar refractivity (Wildman–Crippen MR) is 97.0 cm³/mol. The Labute approximate surface area is 142 Å². The van der Waals surface area contributed by atoms with Gasteiger partial charge in [-0.1, -0.05) is 35.9 Å². The van der Waals surface area contributed by atoms with Crippen molar-refractivity contribution in [2.24, 2.45) is 7.05 Å². The second-order valence-corrected chi connectivity index (χ2v) is 6.30. The molecule has 2 aromatic carbocycles. The summed E-state index contributed by atoms with van der Waals surface area (Å²) in [7, 11) is 2.02. The average Bonchev–Trinajstić information content (AvgIpc) is 2.84. The minimum absolute atomic E-state index is 0.0635. The zero-order valence-electron chi connectivity index (χ0n) is 14.5. The van der Waals surface area contributed by atoms with Crippen LogP contribution in [-0.2, 0) is 24.7 Å². The third kappa shape index (κ3) is 3.65. The fraction of sp³-hybridized carbons (Fsp3) is 0.300. The molecule has 0 saturated heterocycles. The van der Waals surface area contributed by atoms with Crippen LogP contribution in [0, 0.1) is 13.8 Å². The van der Waals surface area contributed by atoms with Crippen molar-refractivity contribution in [3.05, 3.63) is 65.0 Å². The molecule has 0 bridgehead atoms. The van der Waals surface area contributed by atoms with E-state index in [0.717, 1.165) is 28.8 Å². The van der Waals surface area contributed by atoms with Gasteiger partial charge in [0.2, 0.25) is 5.91 Å². The normalized spacial score (nSPS) is 11.0. The van der Waals surface area contributed by atoms with Crippen LogP contribution in [0.5, 0.6) is 0 Å². The van der Waals surface area contributed by atoms with Crippen molar-refractivity contribution in [3.63, 3.8) is 0 Å². The van der Waals surface area contributed by atoms with Crippen LogP contribution in [0.25, 0.3) is 11.0 Å². The smallest absolute Gasteiger partial charge is 0.224 e. The minimum Gasteiger partial charge on any atom is -0.355 e. The van der Waals surface area contributed by atoms with Gasteiger partial charge in [0.25, 0.3) is 0 Å². The average molecular weight is 321 g/mol. The van der Waals surface area contributed by atoms with E-state index in [1.807, 2.05) is 45.2 Å². The maximum atomic E-state index is 12.0. The Hall–Kier alpha value is -2.62. The summed E-state index contributed by atoms with van der Waals surface area (Å²) in [5.74, 6) is 1.07. The number of carbonyl (C=O) groups excluding carboxylic acids is 1. The fourth-order valence-corrected chi connectivity index (χ4v) is 2.82. The number of aromatic nitrogens is 2. The van der Waals surface area contributed by atoms with Gasteiger partial charge in [0.15, 0.2) is 0 Å². The number of benzene rings is 2. The highest BCUT2D eigenvalue weighted by molar-refractivity contribution is 5.79. The molecule has 0 radical (unpaired) electrons. The summed E-state index contributed by atoms with van der Waals surface area (Å²) in [6.07, 6.45) is 1.24. The maximum absolute atomic E-state index is 12.0. The summed E-state index contributed by atoms with van der Waals surface area (Å²) in [5, 5.41) is 2.99. The number of carbonyl (C=O) groups is 1. The first-order valence-corrected chi connectivity index (χ1v) is 8.27. The Morgan fingerprint density at radius 2 is 1.79 bits per heavy atom. The Kier molecular flexibility index (Phi) is 4.65. The highest BCUT2D eigenvalue weighted by Gasteiger charge is 2.06. The molecule has 1 N–H and O–H groups in total. The molecule has 0 atom stereocenters. The van der Waals surface area contributed by atoms with Gasteiger partial charge in [0.05, 0.1) is 17.5 Å². The second-order valence-electron chi connectivity index (χ2n) is 6.30. The van der Waals surface area contributed by atoms with E-state index in [2.05, 4.69) is 33.1 Å². The van der Waals surface area contributed by atoms with Crippen LogP contribution in [0.3, 0.4) is 0 Å². The van der Waals surface area contributed by atoms with E-state index in [-0.39, 0.29) is 5.91 Å². The molecule has 124 valence electrons. The lowest BCUT2D eigenvalue weighted by atomic mass is 10.1. The lowest BCUT2D eigenvalue weighted by Crippen LogP contribution is -2.27. The summed E-state index contributed by atoms with van der Waals surface area (Å²) in [6.45, 7) is 4.69. The molecule has 24 heavy (non-hydrogen) atoms. The van der Waals surface area contributed by atoms with Crippen LogP contribution in [0.2, 0.25) is 0 Å². The number of nitrogens with one attached hydrogen (secondary N) is 1. The first-order chi connectivity index (χ1) is 11.5. The molecule has 1 amide bonds. The van der Waals surface area contributed by atoms with Crippen molar-refractivity contribution in [1.29, 1.82) is 0 Å². The van der Waals surface area contributed by atoms with E-state index >= 15 is 0 Å². The van der Waals surface area contributed by atoms with Gasteiger partial charge in [0, 0.05) is 13.6 Å². The van der Waals surface area contributed by atoms with Gasteiger partial charge in [-0.3, -0.25) is 4.79 Å². The minimum atomic E-state index is 0.0635. The van der Waals surface area contributed by atoms with Gasteiger partial charge in [-0.15, -0.1) is 0 Å². The van der Waals surface area contributed by atoms with E-state index in [0.29, 0.717) is 13.0 Å². The van der Waals surface area contributed by atoms with E-state index < -0.39 is 0 Å². The highest BCUT2D eigenvalue weighted by Crippen LogP contribution is 2.16. The number of amides is 1. The number of hydrogen-bond acceptors (Lipinski definition) is 2. The number of rotatable bonds is 5. The quantitative estimate of drug-likeness (QED) is 0.785. The van der Waals surface area contributed by atoms with Crippen molar-refractivity contribution >= 4 is 16.9 Å². The largest absolute Gasteiger partial charge is 0.355 e. The van der Waals surface area contributed by atoms with Gasteiger partial charge < -0.3 is 9.88 Å². The van der Waals surface area contributed by atoms with Crippen LogP contribution in [-0.4, -0.2) is 22.0 Å². The molecule has 0 aliphatic rings. The van der Waals surface area contributed by atoms with E-state index in [9.17, 15) is 4.79 Å². The molecule has 4 heteroatoms. The Morgan fingerprint density at radius 3 is 2.54 bits per heavy atom. The van der Waals surface area contributed by atoms with Crippen molar-refractivity contribution in [2.75, 3.05) is 6.54 Å². The molecule has 1 heterocycles. The Bertz CT molecular complexity index is 862.